The van der Waals surface area contributed by atoms with E-state index in [0.717, 1.165) is 18.4 Å². The molecule has 15 heavy (non-hydrogen) atoms. The molecule has 3 heteroatoms. The molecule has 0 saturated heterocycles. The summed E-state index contributed by atoms with van der Waals surface area (Å²) in [7, 11) is 0. The second-order valence-electron chi connectivity index (χ2n) is 3.45. The Hall–Kier alpha value is -1.38. The van der Waals surface area contributed by atoms with Gasteiger partial charge in [0.15, 0.2) is 0 Å². The number of aromatic nitrogens is 1. The lowest BCUT2D eigenvalue weighted by Gasteiger charge is -2.11. The second-order valence-corrected chi connectivity index (χ2v) is 3.45. The van der Waals surface area contributed by atoms with Crippen LogP contribution in [0.4, 0.5) is 0 Å². The van der Waals surface area contributed by atoms with Gasteiger partial charge >= 0.3 is 0 Å². The number of pyridine rings is 1. The molecule has 0 fully saturated rings. The summed E-state index contributed by atoms with van der Waals surface area (Å²) in [6, 6.07) is 3.75. The molecular formula is C12H17N2O. The molecule has 1 amide bonds. The van der Waals surface area contributed by atoms with Crippen LogP contribution < -0.4 is 5.32 Å². The van der Waals surface area contributed by atoms with E-state index in [1.54, 1.807) is 18.9 Å². The number of carbonyl (C=O) groups is 1. The van der Waals surface area contributed by atoms with E-state index < -0.39 is 0 Å². The van der Waals surface area contributed by atoms with Gasteiger partial charge in [0.25, 0.3) is 0 Å². The molecule has 81 valence electrons. The molecule has 0 saturated carbocycles. The molecule has 0 aromatic carbocycles. The van der Waals surface area contributed by atoms with Gasteiger partial charge in [-0.05, 0) is 24.5 Å². The minimum Gasteiger partial charge on any atom is -0.347 e. The van der Waals surface area contributed by atoms with E-state index in [4.69, 9.17) is 0 Å². The minimum atomic E-state index is 0.0869. The van der Waals surface area contributed by atoms with Crippen LogP contribution in [0, 0.1) is 12.5 Å². The highest BCUT2D eigenvalue weighted by Crippen LogP contribution is 2.08. The Labute approximate surface area is 90.9 Å². The Morgan fingerprint density at radius 1 is 1.53 bits per heavy atom. The Balaban J connectivity index is 2.40. The molecule has 1 radical (unpaired) electrons. The molecule has 0 aliphatic rings. The fourth-order valence-electron chi connectivity index (χ4n) is 1.39. The summed E-state index contributed by atoms with van der Waals surface area (Å²) in [5, 5.41) is 2.80. The van der Waals surface area contributed by atoms with Gasteiger partial charge in [0, 0.05) is 18.3 Å². The first-order valence-corrected chi connectivity index (χ1v) is 5.31. The molecule has 0 unspecified atom stereocenters. The Kier molecular flexibility index (Phi) is 4.81. The van der Waals surface area contributed by atoms with Crippen molar-refractivity contribution in [2.45, 2.75) is 26.7 Å². The van der Waals surface area contributed by atoms with E-state index >= 15 is 0 Å². The Bertz CT molecular complexity index is 294. The van der Waals surface area contributed by atoms with Gasteiger partial charge < -0.3 is 5.32 Å². The maximum atomic E-state index is 11.6. The van der Waals surface area contributed by atoms with Crippen LogP contribution in [0.2, 0.25) is 0 Å². The van der Waals surface area contributed by atoms with Crippen LogP contribution in [0.15, 0.2) is 24.5 Å². The summed E-state index contributed by atoms with van der Waals surface area (Å²) in [5.41, 5.74) is 0.914. The van der Waals surface area contributed by atoms with E-state index in [1.807, 2.05) is 26.0 Å². The van der Waals surface area contributed by atoms with Crippen LogP contribution >= 0.6 is 0 Å². The number of hydrogen-bond donors (Lipinski definition) is 1. The van der Waals surface area contributed by atoms with E-state index in [2.05, 4.69) is 10.3 Å². The third-order valence-electron chi connectivity index (χ3n) is 2.42. The van der Waals surface area contributed by atoms with Crippen molar-refractivity contribution in [2.24, 2.45) is 5.92 Å². The van der Waals surface area contributed by atoms with Gasteiger partial charge in [-0.25, -0.2) is 0 Å². The van der Waals surface area contributed by atoms with Crippen molar-refractivity contribution in [1.82, 2.24) is 10.3 Å². The summed E-state index contributed by atoms with van der Waals surface area (Å²) in [6.07, 6.45) is 5.18. The lowest BCUT2D eigenvalue weighted by molar-refractivity contribution is -0.124. The molecular weight excluding hydrogens is 188 g/mol. The molecule has 0 aliphatic heterocycles. The quantitative estimate of drug-likeness (QED) is 0.800. The van der Waals surface area contributed by atoms with Crippen molar-refractivity contribution in [3.05, 3.63) is 36.6 Å². The highest BCUT2D eigenvalue weighted by Gasteiger charge is 2.13. The largest absolute Gasteiger partial charge is 0.347 e. The minimum absolute atomic E-state index is 0.0869. The molecule has 1 N–H and O–H groups in total. The predicted octanol–water partition coefficient (Wildman–Crippen LogP) is 2.14. The van der Waals surface area contributed by atoms with Gasteiger partial charge in [-0.1, -0.05) is 19.9 Å². The standard InChI is InChI=1S/C12H17N2O/c1-3-11(4-2)12(15)14-9-10-6-5-7-13-8-10/h5-9,11H,3-4H2,1-2H3,(H,14,15). The maximum absolute atomic E-state index is 11.6. The maximum Gasteiger partial charge on any atom is 0.223 e. The molecule has 1 aromatic heterocycles. The average molecular weight is 205 g/mol. The van der Waals surface area contributed by atoms with Crippen LogP contribution in [-0.2, 0) is 4.79 Å². The van der Waals surface area contributed by atoms with Crippen molar-refractivity contribution in [3.63, 3.8) is 0 Å². The summed E-state index contributed by atoms with van der Waals surface area (Å²) < 4.78 is 0. The second kappa shape index (κ2) is 6.17. The summed E-state index contributed by atoms with van der Waals surface area (Å²) in [4.78, 5) is 15.6. The van der Waals surface area contributed by atoms with Gasteiger partial charge in [-0.3, -0.25) is 9.78 Å². The number of amides is 1. The van der Waals surface area contributed by atoms with Crippen molar-refractivity contribution in [1.29, 1.82) is 0 Å². The van der Waals surface area contributed by atoms with Gasteiger partial charge in [0.2, 0.25) is 5.91 Å². The van der Waals surface area contributed by atoms with E-state index in [0.29, 0.717) is 0 Å². The van der Waals surface area contributed by atoms with Crippen molar-refractivity contribution < 1.29 is 4.79 Å². The topological polar surface area (TPSA) is 42.0 Å². The number of carbonyl (C=O) groups excluding carboxylic acids is 1. The first-order chi connectivity index (χ1) is 7.27. The molecule has 1 aromatic rings. The summed E-state index contributed by atoms with van der Waals surface area (Å²) in [6.45, 7) is 5.75. The van der Waals surface area contributed by atoms with Crippen LogP contribution in [0.1, 0.15) is 32.3 Å². The SMILES string of the molecule is CCC(CC)C(=O)N[CH]c1cccnc1. The summed E-state index contributed by atoms with van der Waals surface area (Å²) >= 11 is 0. The molecule has 1 rings (SSSR count). The zero-order valence-corrected chi connectivity index (χ0v) is 9.23. The first-order valence-electron chi connectivity index (χ1n) is 5.31. The third-order valence-corrected chi connectivity index (χ3v) is 2.42. The number of hydrogen-bond acceptors (Lipinski definition) is 2. The van der Waals surface area contributed by atoms with Gasteiger partial charge in [0.05, 0.1) is 6.54 Å². The van der Waals surface area contributed by atoms with Crippen LogP contribution in [0.25, 0.3) is 0 Å². The predicted molar refractivity (Wildman–Crippen MR) is 59.9 cm³/mol. The fourth-order valence-corrected chi connectivity index (χ4v) is 1.39. The van der Waals surface area contributed by atoms with Gasteiger partial charge in [-0.15, -0.1) is 0 Å². The van der Waals surface area contributed by atoms with Crippen molar-refractivity contribution >= 4 is 5.91 Å². The average Bonchev–Trinajstić information content (AvgIpc) is 2.29. The summed E-state index contributed by atoms with van der Waals surface area (Å²) in [5.74, 6) is 0.196. The van der Waals surface area contributed by atoms with Gasteiger partial charge in [0.1, 0.15) is 0 Å². The fraction of sp³-hybridized carbons (Fsp3) is 0.417. The number of nitrogens with zero attached hydrogens (tertiary/aromatic N) is 1. The Morgan fingerprint density at radius 2 is 2.27 bits per heavy atom. The lowest BCUT2D eigenvalue weighted by Crippen LogP contribution is -2.28. The van der Waals surface area contributed by atoms with Crippen LogP contribution in [-0.4, -0.2) is 10.9 Å². The van der Waals surface area contributed by atoms with Gasteiger partial charge in [-0.2, -0.15) is 0 Å². The third kappa shape index (κ3) is 3.70. The molecule has 0 bridgehead atoms. The zero-order chi connectivity index (χ0) is 11.1. The van der Waals surface area contributed by atoms with Crippen molar-refractivity contribution in [3.8, 4) is 0 Å². The normalized spacial score (nSPS) is 10.3. The van der Waals surface area contributed by atoms with Crippen LogP contribution in [0.5, 0.6) is 0 Å². The first kappa shape index (κ1) is 11.7. The molecule has 3 nitrogen and oxygen atoms in total. The lowest BCUT2D eigenvalue weighted by atomic mass is 10.0. The van der Waals surface area contributed by atoms with Crippen LogP contribution in [0.3, 0.4) is 0 Å². The monoisotopic (exact) mass is 205 g/mol. The molecule has 1 heterocycles. The van der Waals surface area contributed by atoms with Crippen molar-refractivity contribution in [2.75, 3.05) is 0 Å². The van der Waals surface area contributed by atoms with E-state index in [9.17, 15) is 4.79 Å². The number of rotatable bonds is 5. The molecule has 0 atom stereocenters. The smallest absolute Gasteiger partial charge is 0.223 e. The molecule has 0 spiro atoms. The highest BCUT2D eigenvalue weighted by molar-refractivity contribution is 5.79. The highest BCUT2D eigenvalue weighted by atomic mass is 16.1. The molecule has 0 aliphatic carbocycles. The number of nitrogens with one attached hydrogen (secondary N) is 1. The Morgan fingerprint density at radius 3 is 2.80 bits per heavy atom. The van der Waals surface area contributed by atoms with E-state index in [-0.39, 0.29) is 11.8 Å². The zero-order valence-electron chi connectivity index (χ0n) is 9.23. The van der Waals surface area contributed by atoms with E-state index in [1.165, 1.54) is 0 Å².